The Morgan fingerprint density at radius 2 is 2.05 bits per heavy atom. The van der Waals surface area contributed by atoms with Crippen LogP contribution in [0.25, 0.3) is 11.3 Å². The standard InChI is InChI=1S/C29H32ClN5O5/c1-17(36)26(18-4-3-5-22(12-18)39-2)33-25(37)16-35-15-20-7-6-19(13-23(20)28(35)38)27-24(30)14-31-29(34-27)32-21-8-10-40-11-9-21/h3-7,12-14,17,21,26,36H,8-11,15-16H2,1-2H3,(H,33,37)(H,31,32,34). The number of aliphatic hydroxyl groups excluding tert-OH is 1. The van der Waals surface area contributed by atoms with E-state index in [1.807, 2.05) is 12.1 Å². The van der Waals surface area contributed by atoms with Crippen molar-refractivity contribution in [2.75, 3.05) is 32.2 Å². The van der Waals surface area contributed by atoms with E-state index in [-0.39, 0.29) is 24.4 Å². The average Bonchev–Trinajstić information content (AvgIpc) is 3.27. The van der Waals surface area contributed by atoms with Crippen LogP contribution in [0.1, 0.15) is 47.3 Å². The number of benzene rings is 2. The lowest BCUT2D eigenvalue weighted by Crippen LogP contribution is -2.41. The highest BCUT2D eigenvalue weighted by molar-refractivity contribution is 6.33. The fraction of sp³-hybridized carbons (Fsp3) is 0.379. The molecule has 0 bridgehead atoms. The predicted octanol–water partition coefficient (Wildman–Crippen LogP) is 3.59. The Labute approximate surface area is 237 Å². The number of nitrogens with zero attached hydrogens (tertiary/aromatic N) is 3. The van der Waals surface area contributed by atoms with Crippen molar-refractivity contribution in [3.8, 4) is 17.0 Å². The summed E-state index contributed by atoms with van der Waals surface area (Å²) in [6.45, 7) is 3.14. The van der Waals surface area contributed by atoms with Crippen molar-refractivity contribution in [3.05, 3.63) is 70.4 Å². The Balaban J connectivity index is 1.28. The van der Waals surface area contributed by atoms with Gasteiger partial charge in [-0.05, 0) is 49.1 Å². The minimum absolute atomic E-state index is 0.149. The maximum atomic E-state index is 13.3. The maximum absolute atomic E-state index is 13.3. The number of ether oxygens (including phenoxy) is 2. The summed E-state index contributed by atoms with van der Waals surface area (Å²) < 4.78 is 10.7. The molecule has 3 aromatic rings. The Kier molecular flexibility index (Phi) is 8.49. The molecule has 3 N–H and O–H groups in total. The third-order valence-corrected chi connectivity index (χ3v) is 7.42. The molecule has 11 heteroatoms. The van der Waals surface area contributed by atoms with Gasteiger partial charge in [0, 0.05) is 36.9 Å². The van der Waals surface area contributed by atoms with Gasteiger partial charge in [0.15, 0.2) is 0 Å². The van der Waals surface area contributed by atoms with Crippen LogP contribution >= 0.6 is 11.6 Å². The zero-order valence-corrected chi connectivity index (χ0v) is 23.1. The molecule has 10 nitrogen and oxygen atoms in total. The minimum Gasteiger partial charge on any atom is -0.497 e. The molecule has 2 aliphatic rings. The van der Waals surface area contributed by atoms with Gasteiger partial charge in [0.05, 0.1) is 36.2 Å². The highest BCUT2D eigenvalue weighted by Gasteiger charge is 2.31. The fourth-order valence-electron chi connectivity index (χ4n) is 5.01. The summed E-state index contributed by atoms with van der Waals surface area (Å²) in [5.74, 6) is 0.458. The zero-order valence-electron chi connectivity index (χ0n) is 22.4. The number of hydrogen-bond donors (Lipinski definition) is 3. The van der Waals surface area contributed by atoms with Gasteiger partial charge in [-0.25, -0.2) is 9.97 Å². The molecular formula is C29H32ClN5O5. The normalized spacial score (nSPS) is 16.8. The lowest BCUT2D eigenvalue weighted by atomic mass is 10.0. The van der Waals surface area contributed by atoms with Gasteiger partial charge in [0.2, 0.25) is 11.9 Å². The van der Waals surface area contributed by atoms with E-state index in [9.17, 15) is 14.7 Å². The van der Waals surface area contributed by atoms with Crippen LogP contribution in [0, 0.1) is 0 Å². The van der Waals surface area contributed by atoms with E-state index in [2.05, 4.69) is 20.6 Å². The minimum atomic E-state index is -0.853. The van der Waals surface area contributed by atoms with Crippen molar-refractivity contribution in [2.24, 2.45) is 0 Å². The second-order valence-corrected chi connectivity index (χ2v) is 10.4. The first kappa shape index (κ1) is 27.8. The van der Waals surface area contributed by atoms with Gasteiger partial charge in [0.25, 0.3) is 5.91 Å². The highest BCUT2D eigenvalue weighted by atomic mass is 35.5. The largest absolute Gasteiger partial charge is 0.497 e. The van der Waals surface area contributed by atoms with E-state index < -0.39 is 12.1 Å². The zero-order chi connectivity index (χ0) is 28.2. The predicted molar refractivity (Wildman–Crippen MR) is 150 cm³/mol. The lowest BCUT2D eigenvalue weighted by molar-refractivity contribution is -0.123. The SMILES string of the molecule is COc1cccc(C(NC(=O)CN2Cc3ccc(-c4nc(NC5CCOCC5)ncc4Cl)cc3C2=O)C(C)O)c1. The van der Waals surface area contributed by atoms with Crippen molar-refractivity contribution >= 4 is 29.4 Å². The van der Waals surface area contributed by atoms with E-state index in [0.29, 0.717) is 58.9 Å². The van der Waals surface area contributed by atoms with Crippen molar-refractivity contribution in [1.82, 2.24) is 20.2 Å². The Morgan fingerprint density at radius 1 is 1.25 bits per heavy atom. The maximum Gasteiger partial charge on any atom is 0.254 e. The van der Waals surface area contributed by atoms with Gasteiger partial charge >= 0.3 is 0 Å². The van der Waals surface area contributed by atoms with E-state index in [0.717, 1.165) is 18.4 Å². The topological polar surface area (TPSA) is 126 Å². The fourth-order valence-corrected chi connectivity index (χ4v) is 5.21. The first-order valence-electron chi connectivity index (χ1n) is 13.2. The van der Waals surface area contributed by atoms with Crippen molar-refractivity contribution < 1.29 is 24.2 Å². The van der Waals surface area contributed by atoms with Crippen LogP contribution < -0.4 is 15.4 Å². The number of rotatable bonds is 9. The quantitative estimate of drug-likeness (QED) is 0.359. The Bertz CT molecular complexity index is 1390. The molecule has 5 rings (SSSR count). The molecule has 2 atom stereocenters. The molecular weight excluding hydrogens is 534 g/mol. The van der Waals surface area contributed by atoms with Crippen LogP contribution in [0.4, 0.5) is 5.95 Å². The summed E-state index contributed by atoms with van der Waals surface area (Å²) in [7, 11) is 1.55. The number of nitrogens with one attached hydrogen (secondary N) is 2. The van der Waals surface area contributed by atoms with Crippen LogP contribution in [0.2, 0.25) is 5.02 Å². The molecule has 3 heterocycles. The first-order valence-corrected chi connectivity index (χ1v) is 13.6. The number of aromatic nitrogens is 2. The summed E-state index contributed by atoms with van der Waals surface area (Å²) in [5, 5.41) is 16.9. The number of anilines is 1. The second-order valence-electron chi connectivity index (χ2n) is 10.0. The Morgan fingerprint density at radius 3 is 2.80 bits per heavy atom. The molecule has 1 saturated heterocycles. The monoisotopic (exact) mass is 565 g/mol. The molecule has 2 aliphatic heterocycles. The summed E-state index contributed by atoms with van der Waals surface area (Å²) in [5.41, 5.74) is 3.23. The summed E-state index contributed by atoms with van der Waals surface area (Å²) >= 11 is 6.45. The third kappa shape index (κ3) is 6.19. The summed E-state index contributed by atoms with van der Waals surface area (Å²) in [4.78, 5) is 36.7. The highest BCUT2D eigenvalue weighted by Crippen LogP contribution is 2.32. The number of methoxy groups -OCH3 is 1. The van der Waals surface area contributed by atoms with E-state index in [1.54, 1.807) is 50.6 Å². The molecule has 2 aromatic carbocycles. The van der Waals surface area contributed by atoms with Gasteiger partial charge in [-0.15, -0.1) is 0 Å². The number of halogens is 1. The number of carbonyl (C=O) groups excluding carboxylic acids is 2. The van der Waals surface area contributed by atoms with Crippen LogP contribution in [0.15, 0.2) is 48.7 Å². The summed E-state index contributed by atoms with van der Waals surface area (Å²) in [6, 6.07) is 12.2. The van der Waals surface area contributed by atoms with Gasteiger partial charge < -0.3 is 30.1 Å². The molecule has 40 heavy (non-hydrogen) atoms. The van der Waals surface area contributed by atoms with Gasteiger partial charge in [-0.2, -0.15) is 0 Å². The third-order valence-electron chi connectivity index (χ3n) is 7.15. The van der Waals surface area contributed by atoms with Gasteiger partial charge in [0.1, 0.15) is 12.3 Å². The van der Waals surface area contributed by atoms with Crippen molar-refractivity contribution in [2.45, 2.75) is 44.5 Å². The van der Waals surface area contributed by atoms with E-state index in [1.165, 1.54) is 4.90 Å². The molecule has 2 amide bonds. The summed E-state index contributed by atoms with van der Waals surface area (Å²) in [6.07, 6.45) is 2.44. The van der Waals surface area contributed by atoms with Crippen molar-refractivity contribution in [3.63, 3.8) is 0 Å². The molecule has 1 fully saturated rings. The molecule has 1 aromatic heterocycles. The number of fused-ring (bicyclic) bond motifs is 1. The molecule has 0 spiro atoms. The first-order chi connectivity index (χ1) is 19.3. The van der Waals surface area contributed by atoms with Crippen molar-refractivity contribution in [1.29, 1.82) is 0 Å². The molecule has 2 unspecified atom stereocenters. The second kappa shape index (κ2) is 12.2. The van der Waals surface area contributed by atoms with E-state index >= 15 is 0 Å². The lowest BCUT2D eigenvalue weighted by Gasteiger charge is -2.24. The average molecular weight is 566 g/mol. The molecule has 0 radical (unpaired) electrons. The number of carbonyl (C=O) groups is 2. The van der Waals surface area contributed by atoms with Crippen LogP contribution in [-0.4, -0.2) is 70.8 Å². The van der Waals surface area contributed by atoms with Gasteiger partial charge in [-0.3, -0.25) is 9.59 Å². The molecule has 0 aliphatic carbocycles. The van der Waals surface area contributed by atoms with Crippen LogP contribution in [-0.2, 0) is 16.1 Å². The number of aliphatic hydroxyl groups is 1. The van der Waals surface area contributed by atoms with Crippen LogP contribution in [0.5, 0.6) is 5.75 Å². The van der Waals surface area contributed by atoms with Gasteiger partial charge in [-0.1, -0.05) is 35.9 Å². The smallest absolute Gasteiger partial charge is 0.254 e. The Hall–Kier alpha value is -3.73. The van der Waals surface area contributed by atoms with E-state index in [4.69, 9.17) is 21.1 Å². The molecule has 210 valence electrons. The van der Waals surface area contributed by atoms with Crippen LogP contribution in [0.3, 0.4) is 0 Å². The molecule has 0 saturated carbocycles. The number of hydrogen-bond acceptors (Lipinski definition) is 8. The number of amides is 2.